The normalized spacial score (nSPS) is 12.0. The summed E-state index contributed by atoms with van der Waals surface area (Å²) in [6, 6.07) is 4.35. The Kier molecular flexibility index (Phi) is 3.85. The van der Waals surface area contributed by atoms with Crippen LogP contribution in [-0.2, 0) is 16.0 Å². The quantitative estimate of drug-likeness (QED) is 0.560. The van der Waals surface area contributed by atoms with Crippen LogP contribution in [0.3, 0.4) is 0 Å². The molecule has 0 aliphatic rings. The fourth-order valence-electron chi connectivity index (χ4n) is 1.31. The maximum absolute atomic E-state index is 10.6. The van der Waals surface area contributed by atoms with E-state index in [-0.39, 0.29) is 23.8 Å². The van der Waals surface area contributed by atoms with Crippen LogP contribution in [0.15, 0.2) is 18.2 Å². The molecule has 0 saturated heterocycles. The second-order valence-corrected chi connectivity index (χ2v) is 3.33. The lowest BCUT2D eigenvalue weighted by molar-refractivity contribution is -0.115. The third kappa shape index (κ3) is 3.09. The summed E-state index contributed by atoms with van der Waals surface area (Å²) >= 11 is 0. The lowest BCUT2D eigenvalue weighted by Gasteiger charge is -2.07. The molecule has 0 heterocycles. The van der Waals surface area contributed by atoms with Crippen LogP contribution < -0.4 is 0 Å². The first-order chi connectivity index (χ1) is 7.17. The number of benzene rings is 1. The molecule has 0 aromatic heterocycles. The first-order valence-corrected chi connectivity index (χ1v) is 4.57. The molecule has 1 atom stereocenters. The molecule has 0 aliphatic carbocycles. The van der Waals surface area contributed by atoms with Crippen molar-refractivity contribution in [2.24, 2.45) is 5.92 Å². The molecule has 15 heavy (non-hydrogen) atoms. The summed E-state index contributed by atoms with van der Waals surface area (Å²) in [6.07, 6.45) is 1.97. The Labute approximate surface area is 87.2 Å². The average molecular weight is 208 g/mol. The van der Waals surface area contributed by atoms with E-state index >= 15 is 0 Å². The number of hydrogen-bond donors (Lipinski definition) is 2. The van der Waals surface area contributed by atoms with Crippen molar-refractivity contribution in [2.45, 2.75) is 12.8 Å². The maximum atomic E-state index is 10.6. The minimum Gasteiger partial charge on any atom is -0.504 e. The molecule has 4 nitrogen and oxygen atoms in total. The van der Waals surface area contributed by atoms with Gasteiger partial charge in [-0.2, -0.15) is 0 Å². The SMILES string of the molecule is O=CCC(C=O)Cc1ccc(O)c(O)c1. The molecule has 0 amide bonds. The highest BCUT2D eigenvalue weighted by atomic mass is 16.3. The fourth-order valence-corrected chi connectivity index (χ4v) is 1.31. The van der Waals surface area contributed by atoms with E-state index < -0.39 is 0 Å². The van der Waals surface area contributed by atoms with Gasteiger partial charge < -0.3 is 19.8 Å². The highest BCUT2D eigenvalue weighted by Crippen LogP contribution is 2.26. The Morgan fingerprint density at radius 3 is 2.47 bits per heavy atom. The van der Waals surface area contributed by atoms with Crippen LogP contribution >= 0.6 is 0 Å². The molecule has 0 radical (unpaired) electrons. The van der Waals surface area contributed by atoms with Crippen molar-refractivity contribution in [3.8, 4) is 11.5 Å². The van der Waals surface area contributed by atoms with Crippen molar-refractivity contribution in [1.82, 2.24) is 0 Å². The maximum Gasteiger partial charge on any atom is 0.157 e. The predicted molar refractivity (Wildman–Crippen MR) is 53.7 cm³/mol. The average Bonchev–Trinajstić information content (AvgIpc) is 2.23. The smallest absolute Gasteiger partial charge is 0.157 e. The first-order valence-electron chi connectivity index (χ1n) is 4.57. The number of carbonyl (C=O) groups excluding carboxylic acids is 2. The van der Waals surface area contributed by atoms with Crippen LogP contribution in [0.2, 0.25) is 0 Å². The van der Waals surface area contributed by atoms with Crippen LogP contribution in [0, 0.1) is 5.92 Å². The van der Waals surface area contributed by atoms with Crippen molar-refractivity contribution in [3.63, 3.8) is 0 Å². The molecule has 2 N–H and O–H groups in total. The number of aromatic hydroxyl groups is 2. The summed E-state index contributed by atoms with van der Waals surface area (Å²) in [6.45, 7) is 0. The van der Waals surface area contributed by atoms with E-state index in [1.165, 1.54) is 12.1 Å². The van der Waals surface area contributed by atoms with Crippen molar-refractivity contribution in [1.29, 1.82) is 0 Å². The highest BCUT2D eigenvalue weighted by molar-refractivity contribution is 5.62. The van der Waals surface area contributed by atoms with Crippen molar-refractivity contribution >= 4 is 12.6 Å². The number of hydrogen-bond acceptors (Lipinski definition) is 4. The molecule has 1 aromatic carbocycles. The van der Waals surface area contributed by atoms with E-state index in [1.807, 2.05) is 0 Å². The van der Waals surface area contributed by atoms with Crippen LogP contribution in [0.5, 0.6) is 11.5 Å². The van der Waals surface area contributed by atoms with Crippen molar-refractivity contribution in [3.05, 3.63) is 23.8 Å². The second-order valence-electron chi connectivity index (χ2n) is 3.33. The van der Waals surface area contributed by atoms with E-state index in [2.05, 4.69) is 0 Å². The molecule has 80 valence electrons. The van der Waals surface area contributed by atoms with Crippen molar-refractivity contribution in [2.75, 3.05) is 0 Å². The molecule has 1 rings (SSSR count). The zero-order valence-corrected chi connectivity index (χ0v) is 8.09. The number of carbonyl (C=O) groups is 2. The minimum atomic E-state index is -0.369. The summed E-state index contributed by atoms with van der Waals surface area (Å²) in [7, 11) is 0. The van der Waals surface area contributed by atoms with Gasteiger partial charge in [-0.25, -0.2) is 0 Å². The van der Waals surface area contributed by atoms with Gasteiger partial charge in [-0.3, -0.25) is 0 Å². The van der Waals surface area contributed by atoms with Crippen molar-refractivity contribution < 1.29 is 19.8 Å². The zero-order chi connectivity index (χ0) is 11.3. The van der Waals surface area contributed by atoms with Gasteiger partial charge in [-0.15, -0.1) is 0 Å². The minimum absolute atomic E-state index is 0.172. The van der Waals surface area contributed by atoms with Gasteiger partial charge in [0.25, 0.3) is 0 Å². The number of aldehydes is 2. The molecule has 1 aromatic rings. The van der Waals surface area contributed by atoms with E-state index in [9.17, 15) is 14.7 Å². The van der Waals surface area contributed by atoms with Crippen LogP contribution in [0.4, 0.5) is 0 Å². The Morgan fingerprint density at radius 1 is 1.20 bits per heavy atom. The van der Waals surface area contributed by atoms with E-state index in [0.717, 1.165) is 6.29 Å². The zero-order valence-electron chi connectivity index (χ0n) is 8.09. The van der Waals surface area contributed by atoms with Crippen LogP contribution in [0.25, 0.3) is 0 Å². The molecule has 0 fully saturated rings. The molecule has 1 unspecified atom stereocenters. The standard InChI is InChI=1S/C11H12O4/c12-4-3-9(7-13)5-8-1-2-10(14)11(15)6-8/h1-2,4,6-7,9,14-15H,3,5H2. The summed E-state index contributed by atoms with van der Waals surface area (Å²) in [5.41, 5.74) is 0.712. The van der Waals surface area contributed by atoms with Gasteiger partial charge in [0, 0.05) is 12.3 Å². The van der Waals surface area contributed by atoms with Gasteiger partial charge in [0.1, 0.15) is 12.6 Å². The monoisotopic (exact) mass is 208 g/mol. The molecule has 0 saturated carbocycles. The molecule has 0 aliphatic heterocycles. The second kappa shape index (κ2) is 5.14. The van der Waals surface area contributed by atoms with Gasteiger partial charge in [-0.05, 0) is 24.1 Å². The topological polar surface area (TPSA) is 74.6 Å². The molecule has 0 bridgehead atoms. The van der Waals surface area contributed by atoms with E-state index in [0.29, 0.717) is 18.3 Å². The predicted octanol–water partition coefficient (Wildman–Crippen LogP) is 1.04. The number of rotatable bonds is 5. The van der Waals surface area contributed by atoms with Gasteiger partial charge in [0.05, 0.1) is 0 Å². The lowest BCUT2D eigenvalue weighted by atomic mass is 9.98. The van der Waals surface area contributed by atoms with E-state index in [4.69, 9.17) is 5.11 Å². The largest absolute Gasteiger partial charge is 0.504 e. The Morgan fingerprint density at radius 2 is 1.93 bits per heavy atom. The fraction of sp³-hybridized carbons (Fsp3) is 0.273. The molecule has 0 spiro atoms. The summed E-state index contributed by atoms with van der Waals surface area (Å²) in [5.74, 6) is -0.786. The Bertz CT molecular complexity index is 360. The van der Waals surface area contributed by atoms with Crippen LogP contribution in [0.1, 0.15) is 12.0 Å². The van der Waals surface area contributed by atoms with Gasteiger partial charge in [0.15, 0.2) is 11.5 Å². The highest BCUT2D eigenvalue weighted by Gasteiger charge is 2.09. The summed E-state index contributed by atoms with van der Waals surface area (Å²) in [4.78, 5) is 20.8. The molecular formula is C11H12O4. The van der Waals surface area contributed by atoms with Crippen LogP contribution in [-0.4, -0.2) is 22.8 Å². The third-order valence-electron chi connectivity index (χ3n) is 2.13. The third-order valence-corrected chi connectivity index (χ3v) is 2.13. The lowest BCUT2D eigenvalue weighted by Crippen LogP contribution is -2.06. The summed E-state index contributed by atoms with van der Waals surface area (Å²) in [5, 5.41) is 18.3. The Balaban J connectivity index is 2.74. The Hall–Kier alpha value is -1.84. The molecular weight excluding hydrogens is 196 g/mol. The first kappa shape index (κ1) is 11.2. The summed E-state index contributed by atoms with van der Waals surface area (Å²) < 4.78 is 0. The van der Waals surface area contributed by atoms with Gasteiger partial charge in [0.2, 0.25) is 0 Å². The van der Waals surface area contributed by atoms with Gasteiger partial charge in [-0.1, -0.05) is 6.07 Å². The van der Waals surface area contributed by atoms with E-state index in [1.54, 1.807) is 6.07 Å². The number of phenolic OH excluding ortho intramolecular Hbond substituents is 2. The van der Waals surface area contributed by atoms with Gasteiger partial charge >= 0.3 is 0 Å². The molecule has 4 heteroatoms. The number of phenols is 2.